The van der Waals surface area contributed by atoms with E-state index in [1.165, 1.54) is 6.20 Å². The molecule has 0 unspecified atom stereocenters. The largest absolute Gasteiger partial charge is 0.506 e. The first-order valence-corrected chi connectivity index (χ1v) is 5.26. The molecule has 14 heavy (non-hydrogen) atoms. The summed E-state index contributed by atoms with van der Waals surface area (Å²) in [5.74, 6) is 0.0835. The third kappa shape index (κ3) is 1.70. The Balaban J connectivity index is 2.87. The van der Waals surface area contributed by atoms with E-state index < -0.39 is 0 Å². The van der Waals surface area contributed by atoms with E-state index in [-0.39, 0.29) is 10.8 Å². The van der Waals surface area contributed by atoms with Crippen LogP contribution in [0.15, 0.2) is 16.8 Å². The summed E-state index contributed by atoms with van der Waals surface area (Å²) in [4.78, 5) is 4.14. The van der Waals surface area contributed by atoms with Gasteiger partial charge in [-0.15, -0.1) is 0 Å². The Morgan fingerprint density at radius 1 is 1.43 bits per heavy atom. The number of fused-ring (bicyclic) bond motifs is 1. The summed E-state index contributed by atoms with van der Waals surface area (Å²) in [6, 6.07) is 0. The molecule has 0 amide bonds. The van der Waals surface area contributed by atoms with Gasteiger partial charge in [0.25, 0.3) is 0 Å². The van der Waals surface area contributed by atoms with Gasteiger partial charge < -0.3 is 5.11 Å². The van der Waals surface area contributed by atoms with Gasteiger partial charge in [0.15, 0.2) is 0 Å². The van der Waals surface area contributed by atoms with E-state index in [9.17, 15) is 5.11 Å². The van der Waals surface area contributed by atoms with Crippen molar-refractivity contribution in [3.8, 4) is 5.75 Å². The highest BCUT2D eigenvalue weighted by Crippen LogP contribution is 2.16. The van der Waals surface area contributed by atoms with Crippen molar-refractivity contribution in [3.05, 3.63) is 32.3 Å². The quantitative estimate of drug-likeness (QED) is 0.779. The van der Waals surface area contributed by atoms with Crippen molar-refractivity contribution in [2.24, 2.45) is 0 Å². The van der Waals surface area contributed by atoms with Crippen molar-refractivity contribution in [2.75, 3.05) is 0 Å². The van der Waals surface area contributed by atoms with E-state index in [2.05, 4.69) is 20.9 Å². The van der Waals surface area contributed by atoms with Crippen LogP contribution in [0.3, 0.4) is 0 Å². The summed E-state index contributed by atoms with van der Waals surface area (Å²) in [7, 11) is 0. The number of halogens is 2. The first-order valence-electron chi connectivity index (χ1n) is 4.09. The molecule has 0 radical (unpaired) electrons. The van der Waals surface area contributed by atoms with Gasteiger partial charge in [-0.2, -0.15) is 0 Å². The first-order chi connectivity index (χ1) is 6.68. The Hall–Kier alpha value is -0.800. The number of allylic oxidation sites excluding steroid dienone is 2. The summed E-state index contributed by atoms with van der Waals surface area (Å²) >= 11 is 9.14. The average Bonchev–Trinajstić information content (AvgIpc) is 2.34. The topological polar surface area (TPSA) is 33.1 Å². The van der Waals surface area contributed by atoms with E-state index in [1.807, 2.05) is 18.2 Å². The molecular formula is C10H7BrClNO. The Labute approximate surface area is 94.4 Å². The molecule has 0 spiro atoms. The van der Waals surface area contributed by atoms with E-state index in [1.54, 1.807) is 0 Å². The number of aromatic nitrogens is 1. The van der Waals surface area contributed by atoms with Crippen LogP contribution in [-0.4, -0.2) is 10.1 Å². The van der Waals surface area contributed by atoms with Gasteiger partial charge >= 0.3 is 0 Å². The van der Waals surface area contributed by atoms with Gasteiger partial charge in [0, 0.05) is 15.9 Å². The minimum Gasteiger partial charge on any atom is -0.506 e. The third-order valence-electron chi connectivity index (χ3n) is 1.98. The van der Waals surface area contributed by atoms with E-state index in [0.29, 0.717) is 5.22 Å². The van der Waals surface area contributed by atoms with Crippen molar-refractivity contribution >= 4 is 39.7 Å². The second-order valence-corrected chi connectivity index (χ2v) is 4.25. The van der Waals surface area contributed by atoms with Crippen molar-refractivity contribution in [2.45, 2.75) is 6.42 Å². The second-order valence-electron chi connectivity index (χ2n) is 2.93. The molecule has 0 saturated heterocycles. The lowest BCUT2D eigenvalue weighted by Gasteiger charge is -1.96. The molecule has 4 heteroatoms. The lowest BCUT2D eigenvalue weighted by Crippen LogP contribution is -2.27. The van der Waals surface area contributed by atoms with Crippen LogP contribution in [0, 0.1) is 0 Å². The second kappa shape index (κ2) is 3.75. The fraction of sp³-hybridized carbons (Fsp3) is 0.100. The van der Waals surface area contributed by atoms with Crippen LogP contribution in [0.1, 0.15) is 6.42 Å². The molecule has 0 saturated carbocycles. The monoisotopic (exact) mass is 271 g/mol. The Bertz CT molecular complexity index is 522. The van der Waals surface area contributed by atoms with Crippen molar-refractivity contribution in [3.63, 3.8) is 0 Å². The van der Waals surface area contributed by atoms with Gasteiger partial charge in [-0.05, 0) is 12.5 Å². The van der Waals surface area contributed by atoms with Crippen molar-refractivity contribution in [1.82, 2.24) is 4.98 Å². The standard InChI is InChI=1S/C10H7BrClNO/c11-6-2-1-3-9-7(4-6)10(14)8(12)5-13-9/h2-5,14H,1H2. The number of rotatable bonds is 0. The Morgan fingerprint density at radius 2 is 2.21 bits per heavy atom. The molecule has 0 aromatic carbocycles. The van der Waals surface area contributed by atoms with Crippen LogP contribution < -0.4 is 10.6 Å². The minimum atomic E-state index is 0.0835. The van der Waals surface area contributed by atoms with Crippen LogP contribution in [0.25, 0.3) is 12.2 Å². The highest BCUT2D eigenvalue weighted by molar-refractivity contribution is 9.12. The number of hydrogen-bond acceptors (Lipinski definition) is 2. The molecule has 1 aromatic heterocycles. The Kier molecular flexibility index (Phi) is 2.61. The normalized spacial score (nSPS) is 14.6. The fourth-order valence-corrected chi connectivity index (χ4v) is 1.86. The SMILES string of the molecule is Oc1c(Cl)cnc2c1=CC(Br)=CCC=2. The highest BCUT2D eigenvalue weighted by Gasteiger charge is 2.03. The van der Waals surface area contributed by atoms with Gasteiger partial charge in [0.1, 0.15) is 10.8 Å². The van der Waals surface area contributed by atoms with Crippen LogP contribution >= 0.6 is 27.5 Å². The predicted octanol–water partition coefficient (Wildman–Crippen LogP) is 1.68. The van der Waals surface area contributed by atoms with Gasteiger partial charge in [-0.3, -0.25) is 4.98 Å². The van der Waals surface area contributed by atoms with Crippen molar-refractivity contribution in [1.29, 1.82) is 0 Å². The zero-order chi connectivity index (χ0) is 10.1. The minimum absolute atomic E-state index is 0.0835. The summed E-state index contributed by atoms with van der Waals surface area (Å²) < 4.78 is 0.923. The van der Waals surface area contributed by atoms with E-state index in [0.717, 1.165) is 16.3 Å². The van der Waals surface area contributed by atoms with E-state index in [4.69, 9.17) is 11.6 Å². The molecule has 0 atom stereocenters. The number of pyridine rings is 1. The Morgan fingerprint density at radius 3 is 3.00 bits per heavy atom. The number of hydrogen-bond donors (Lipinski definition) is 1. The van der Waals surface area contributed by atoms with Gasteiger partial charge in [0.05, 0.1) is 5.35 Å². The van der Waals surface area contributed by atoms with Crippen LogP contribution in [0.4, 0.5) is 0 Å². The summed E-state index contributed by atoms with van der Waals surface area (Å²) in [5, 5.41) is 11.4. The smallest absolute Gasteiger partial charge is 0.145 e. The van der Waals surface area contributed by atoms with Crippen LogP contribution in [0.5, 0.6) is 5.75 Å². The lowest BCUT2D eigenvalue weighted by atomic mass is 10.3. The lowest BCUT2D eigenvalue weighted by molar-refractivity contribution is 0.469. The summed E-state index contributed by atoms with van der Waals surface area (Å²) in [5.41, 5.74) is 0. The molecule has 0 aliphatic heterocycles. The fourth-order valence-electron chi connectivity index (χ4n) is 1.29. The van der Waals surface area contributed by atoms with Crippen LogP contribution in [0.2, 0.25) is 5.02 Å². The maximum atomic E-state index is 9.71. The maximum Gasteiger partial charge on any atom is 0.145 e. The average molecular weight is 273 g/mol. The molecule has 1 aliphatic rings. The molecule has 0 fully saturated rings. The van der Waals surface area contributed by atoms with Crippen LogP contribution in [-0.2, 0) is 0 Å². The van der Waals surface area contributed by atoms with Crippen molar-refractivity contribution < 1.29 is 5.11 Å². The van der Waals surface area contributed by atoms with Gasteiger partial charge in [-0.25, -0.2) is 0 Å². The zero-order valence-corrected chi connectivity index (χ0v) is 9.51. The predicted molar refractivity (Wildman–Crippen MR) is 60.7 cm³/mol. The molecule has 1 aliphatic carbocycles. The summed E-state index contributed by atoms with van der Waals surface area (Å²) in [6.45, 7) is 0. The summed E-state index contributed by atoms with van der Waals surface area (Å²) in [6.07, 6.45) is 8.00. The molecule has 72 valence electrons. The highest BCUT2D eigenvalue weighted by atomic mass is 79.9. The first kappa shape index (κ1) is 9.74. The maximum absolute atomic E-state index is 9.71. The molecular weight excluding hydrogens is 265 g/mol. The molecule has 1 aromatic rings. The third-order valence-corrected chi connectivity index (χ3v) is 2.81. The molecule has 1 N–H and O–H groups in total. The molecule has 1 heterocycles. The zero-order valence-electron chi connectivity index (χ0n) is 7.17. The molecule has 0 bridgehead atoms. The molecule has 2 nitrogen and oxygen atoms in total. The number of nitrogens with zero attached hydrogens (tertiary/aromatic N) is 1. The van der Waals surface area contributed by atoms with Gasteiger partial charge in [0.2, 0.25) is 0 Å². The van der Waals surface area contributed by atoms with E-state index >= 15 is 0 Å². The van der Waals surface area contributed by atoms with Gasteiger partial charge in [-0.1, -0.05) is 39.7 Å². The number of aromatic hydroxyl groups is 1. The molecule has 2 rings (SSSR count).